The summed E-state index contributed by atoms with van der Waals surface area (Å²) in [6.07, 6.45) is 1.07. The Morgan fingerprint density at radius 2 is 2.13 bits per heavy atom. The number of aryl methyl sites for hydroxylation is 1. The van der Waals surface area contributed by atoms with Crippen LogP contribution in [-0.2, 0) is 17.8 Å². The molecule has 2 heterocycles. The number of rotatable bonds is 8. The van der Waals surface area contributed by atoms with Gasteiger partial charge in [0.25, 0.3) is 0 Å². The minimum absolute atomic E-state index is 0. The fourth-order valence-electron chi connectivity index (χ4n) is 3.02. The molecule has 1 aromatic carbocycles. The van der Waals surface area contributed by atoms with E-state index in [0.717, 1.165) is 47.7 Å². The number of ether oxygens (including phenoxy) is 2. The molecule has 0 bridgehead atoms. The third-order valence-corrected chi connectivity index (χ3v) is 5.81. The van der Waals surface area contributed by atoms with Crippen LogP contribution in [0.25, 0.3) is 0 Å². The summed E-state index contributed by atoms with van der Waals surface area (Å²) in [5.74, 6) is 2.14. The normalized spacial score (nSPS) is 16.1. The van der Waals surface area contributed by atoms with E-state index in [1.807, 2.05) is 19.0 Å². The van der Waals surface area contributed by atoms with Gasteiger partial charge in [0.1, 0.15) is 5.75 Å². The summed E-state index contributed by atoms with van der Waals surface area (Å²) in [4.78, 5) is 10.9. The first-order chi connectivity index (χ1) is 14.0. The molecule has 0 amide bonds. The van der Waals surface area contributed by atoms with Crippen LogP contribution in [-0.4, -0.2) is 51.9 Å². The molecular weight excluding hydrogens is 513 g/mol. The zero-order valence-electron chi connectivity index (χ0n) is 18.1. The van der Waals surface area contributed by atoms with Crippen LogP contribution in [0.3, 0.4) is 0 Å². The first-order valence-electron chi connectivity index (χ1n) is 9.91. The number of nitrogens with one attached hydrogen (secondary N) is 2. The van der Waals surface area contributed by atoms with Crippen LogP contribution in [0.15, 0.2) is 28.6 Å². The van der Waals surface area contributed by atoms with Crippen molar-refractivity contribution in [3.8, 4) is 5.75 Å². The molecule has 0 saturated carbocycles. The smallest absolute Gasteiger partial charge is 0.191 e. The Labute approximate surface area is 200 Å². The van der Waals surface area contributed by atoms with Crippen molar-refractivity contribution in [1.82, 2.24) is 15.6 Å². The highest BCUT2D eigenvalue weighted by Gasteiger charge is 2.17. The highest BCUT2D eigenvalue weighted by molar-refractivity contribution is 14.0. The van der Waals surface area contributed by atoms with E-state index in [1.54, 1.807) is 18.4 Å². The number of benzene rings is 1. The van der Waals surface area contributed by atoms with E-state index >= 15 is 0 Å². The maximum atomic E-state index is 6.13. The zero-order valence-corrected chi connectivity index (χ0v) is 21.3. The van der Waals surface area contributed by atoms with Gasteiger partial charge in [0.2, 0.25) is 0 Å². The number of hydrogen-bond acceptors (Lipinski definition) is 6. The number of hydrogen-bond donors (Lipinski definition) is 2. The molecule has 0 radical (unpaired) electrons. The molecule has 1 unspecified atom stereocenters. The number of anilines is 1. The number of nitrogens with zero attached hydrogens (tertiary/aromatic N) is 3. The van der Waals surface area contributed by atoms with Gasteiger partial charge in [-0.3, -0.25) is 4.99 Å². The number of aromatic nitrogens is 1. The topological polar surface area (TPSA) is 71.0 Å². The fraction of sp³-hybridized carbons (Fsp3) is 0.524. The van der Waals surface area contributed by atoms with Gasteiger partial charge < -0.3 is 25.0 Å². The maximum Gasteiger partial charge on any atom is 0.191 e. The summed E-state index contributed by atoms with van der Waals surface area (Å²) in [5.41, 5.74) is 3.30. The standard InChI is InChI=1S/C21H31N5O2S.HI/c1-15-5-6-17(19(9-15)28-13-16-7-8-27-12-16)10-23-20(22-2)24-11-18-14-29-21(25-18)26(3)4;/h5-6,9,14,16H,7-8,10-13H2,1-4H3,(H2,22,23,24);1H. The Morgan fingerprint density at radius 1 is 1.33 bits per heavy atom. The largest absolute Gasteiger partial charge is 0.493 e. The van der Waals surface area contributed by atoms with E-state index in [2.05, 4.69) is 51.1 Å². The van der Waals surface area contributed by atoms with Crippen LogP contribution in [0.5, 0.6) is 5.75 Å². The molecule has 3 rings (SSSR count). The SMILES string of the molecule is CN=C(NCc1csc(N(C)C)n1)NCc1ccc(C)cc1OCC1CCOC1.I. The average molecular weight is 545 g/mol. The molecule has 1 aromatic heterocycles. The lowest BCUT2D eigenvalue weighted by molar-refractivity contribution is 0.166. The van der Waals surface area contributed by atoms with E-state index in [1.165, 1.54) is 5.56 Å². The number of halogens is 1. The predicted molar refractivity (Wildman–Crippen MR) is 134 cm³/mol. The Morgan fingerprint density at radius 3 is 2.80 bits per heavy atom. The Kier molecular flexibility index (Phi) is 10.1. The molecule has 1 saturated heterocycles. The van der Waals surface area contributed by atoms with E-state index in [-0.39, 0.29) is 24.0 Å². The second-order valence-corrected chi connectivity index (χ2v) is 8.28. The molecule has 30 heavy (non-hydrogen) atoms. The Hall–Kier alpha value is -1.59. The van der Waals surface area contributed by atoms with Crippen molar-refractivity contribution in [3.63, 3.8) is 0 Å². The molecule has 9 heteroatoms. The van der Waals surface area contributed by atoms with E-state index < -0.39 is 0 Å². The highest BCUT2D eigenvalue weighted by atomic mass is 127. The van der Waals surface area contributed by atoms with Crippen molar-refractivity contribution in [2.24, 2.45) is 10.9 Å². The second kappa shape index (κ2) is 12.3. The minimum atomic E-state index is 0. The molecule has 0 spiro atoms. The molecule has 1 fully saturated rings. The molecular formula is C21H32IN5O2S. The molecule has 7 nitrogen and oxygen atoms in total. The number of guanidine groups is 1. The van der Waals surface area contributed by atoms with Gasteiger partial charge in [0.15, 0.2) is 11.1 Å². The predicted octanol–water partition coefficient (Wildman–Crippen LogP) is 3.42. The summed E-state index contributed by atoms with van der Waals surface area (Å²) in [5, 5.41) is 9.76. The van der Waals surface area contributed by atoms with Gasteiger partial charge in [-0.1, -0.05) is 12.1 Å². The summed E-state index contributed by atoms with van der Waals surface area (Å²) in [7, 11) is 5.77. The molecule has 2 aromatic rings. The van der Waals surface area contributed by atoms with Gasteiger partial charge in [-0.05, 0) is 25.0 Å². The molecule has 2 N–H and O–H groups in total. The molecule has 1 atom stereocenters. The van der Waals surface area contributed by atoms with Crippen molar-refractivity contribution in [3.05, 3.63) is 40.4 Å². The lowest BCUT2D eigenvalue weighted by Crippen LogP contribution is -2.36. The van der Waals surface area contributed by atoms with Crippen molar-refractivity contribution in [2.45, 2.75) is 26.4 Å². The zero-order chi connectivity index (χ0) is 20.6. The first-order valence-corrected chi connectivity index (χ1v) is 10.8. The summed E-state index contributed by atoms with van der Waals surface area (Å²) < 4.78 is 11.6. The lowest BCUT2D eigenvalue weighted by atomic mass is 10.1. The highest BCUT2D eigenvalue weighted by Crippen LogP contribution is 2.23. The van der Waals surface area contributed by atoms with E-state index in [4.69, 9.17) is 9.47 Å². The summed E-state index contributed by atoms with van der Waals surface area (Å²) in [6.45, 7) is 5.68. The summed E-state index contributed by atoms with van der Waals surface area (Å²) >= 11 is 1.64. The fourth-order valence-corrected chi connectivity index (χ4v) is 3.78. The quantitative estimate of drug-likeness (QED) is 0.301. The lowest BCUT2D eigenvalue weighted by Gasteiger charge is -2.16. The van der Waals surface area contributed by atoms with Crippen LogP contribution in [0.2, 0.25) is 0 Å². The van der Waals surface area contributed by atoms with Crippen molar-refractivity contribution in [1.29, 1.82) is 0 Å². The van der Waals surface area contributed by atoms with E-state index in [0.29, 0.717) is 25.6 Å². The summed E-state index contributed by atoms with van der Waals surface area (Å²) in [6, 6.07) is 6.32. The third kappa shape index (κ3) is 7.28. The molecule has 166 valence electrons. The second-order valence-electron chi connectivity index (χ2n) is 7.45. The Bertz CT molecular complexity index is 821. The van der Waals surface area contributed by atoms with Gasteiger partial charge >= 0.3 is 0 Å². The van der Waals surface area contributed by atoms with Gasteiger partial charge in [-0.2, -0.15) is 0 Å². The average Bonchev–Trinajstić information content (AvgIpc) is 3.39. The number of thiazole rings is 1. The van der Waals surface area contributed by atoms with Crippen LogP contribution in [0, 0.1) is 12.8 Å². The van der Waals surface area contributed by atoms with Gasteiger partial charge in [-0.25, -0.2) is 4.98 Å². The molecule has 1 aliphatic heterocycles. The van der Waals surface area contributed by atoms with E-state index in [9.17, 15) is 0 Å². The first kappa shape index (κ1) is 24.7. The van der Waals surface area contributed by atoms with Crippen LogP contribution < -0.4 is 20.3 Å². The van der Waals surface area contributed by atoms with Crippen LogP contribution >= 0.6 is 35.3 Å². The molecule has 1 aliphatic rings. The monoisotopic (exact) mass is 545 g/mol. The van der Waals surface area contributed by atoms with Crippen molar-refractivity contribution >= 4 is 46.4 Å². The van der Waals surface area contributed by atoms with Crippen LogP contribution in [0.1, 0.15) is 23.2 Å². The van der Waals surface area contributed by atoms with Crippen molar-refractivity contribution < 1.29 is 9.47 Å². The Balaban J connectivity index is 0.00000320. The van der Waals surface area contributed by atoms with Gasteiger partial charge in [0.05, 0.1) is 25.5 Å². The number of aliphatic imine (C=N–C) groups is 1. The third-order valence-electron chi connectivity index (χ3n) is 4.75. The van der Waals surface area contributed by atoms with Crippen molar-refractivity contribution in [2.75, 3.05) is 45.9 Å². The van der Waals surface area contributed by atoms with Gasteiger partial charge in [0, 0.05) is 51.2 Å². The molecule has 0 aliphatic carbocycles. The maximum absolute atomic E-state index is 6.13. The van der Waals surface area contributed by atoms with Gasteiger partial charge in [-0.15, -0.1) is 35.3 Å². The van der Waals surface area contributed by atoms with Crippen LogP contribution in [0.4, 0.5) is 5.13 Å². The minimum Gasteiger partial charge on any atom is -0.493 e.